The van der Waals surface area contributed by atoms with Gasteiger partial charge < -0.3 is 36.5 Å². The van der Waals surface area contributed by atoms with Gasteiger partial charge in [0.15, 0.2) is 0 Å². The fourth-order valence-corrected chi connectivity index (χ4v) is 4.22. The molecule has 0 saturated carbocycles. The number of aliphatic carboxylic acids is 1. The molecule has 0 radical (unpaired) electrons. The first-order valence-electron chi connectivity index (χ1n) is 12.2. The Morgan fingerprint density at radius 2 is 1.78 bits per heavy atom. The highest BCUT2D eigenvalue weighted by molar-refractivity contribution is 5.94. The summed E-state index contributed by atoms with van der Waals surface area (Å²) in [4.78, 5) is 59.5. The van der Waals surface area contributed by atoms with Gasteiger partial charge in [0, 0.05) is 31.3 Å². The monoisotopic (exact) mass is 514 g/mol. The second kappa shape index (κ2) is 12.3. The molecule has 3 rings (SSSR count). The molecule has 2 aromatic rings. The number of hydrogen-bond donors (Lipinski definition) is 6. The molecule has 1 fully saturated rings. The zero-order valence-corrected chi connectivity index (χ0v) is 20.9. The molecule has 0 bridgehead atoms. The number of nitrogens with two attached hydrogens (primary N) is 1. The van der Waals surface area contributed by atoms with Gasteiger partial charge in [-0.15, -0.1) is 0 Å². The number of aromatic amines is 1. The number of aromatic hydroxyl groups is 1. The average molecular weight is 515 g/mol. The molecule has 0 spiro atoms. The third-order valence-electron chi connectivity index (χ3n) is 6.44. The fraction of sp³-hybridized carbons (Fsp3) is 0.480. The molecule has 3 amide bonds. The predicted molar refractivity (Wildman–Crippen MR) is 133 cm³/mol. The van der Waals surface area contributed by atoms with Gasteiger partial charge in [0.25, 0.3) is 0 Å². The van der Waals surface area contributed by atoms with Crippen LogP contribution in [0.3, 0.4) is 0 Å². The van der Waals surface area contributed by atoms with Crippen LogP contribution in [-0.2, 0) is 32.0 Å². The smallest absolute Gasteiger partial charge is 0.326 e. The lowest BCUT2D eigenvalue weighted by Gasteiger charge is -2.29. The van der Waals surface area contributed by atoms with Crippen molar-refractivity contribution in [1.82, 2.24) is 25.5 Å². The summed E-state index contributed by atoms with van der Waals surface area (Å²) in [5.41, 5.74) is 7.21. The number of likely N-dealkylation sites (tertiary alicyclic amines) is 1. The van der Waals surface area contributed by atoms with E-state index in [0.29, 0.717) is 24.1 Å². The van der Waals surface area contributed by atoms with E-state index in [4.69, 9.17) is 5.73 Å². The Kier molecular flexibility index (Phi) is 9.23. The number of phenolic OH excluding ortho intramolecular Hbond substituents is 1. The number of carbonyl (C=O) groups excluding carboxylic acids is 3. The number of imidazole rings is 1. The van der Waals surface area contributed by atoms with Crippen molar-refractivity contribution in [3.63, 3.8) is 0 Å². The van der Waals surface area contributed by atoms with Crippen LogP contribution in [0.5, 0.6) is 5.75 Å². The summed E-state index contributed by atoms with van der Waals surface area (Å²) >= 11 is 0. The van der Waals surface area contributed by atoms with Crippen molar-refractivity contribution in [2.24, 2.45) is 11.7 Å². The number of benzene rings is 1. The molecule has 2 heterocycles. The van der Waals surface area contributed by atoms with Crippen LogP contribution in [0.25, 0.3) is 0 Å². The number of phenols is 1. The third kappa shape index (κ3) is 7.29. The molecule has 200 valence electrons. The summed E-state index contributed by atoms with van der Waals surface area (Å²) in [7, 11) is 0. The third-order valence-corrected chi connectivity index (χ3v) is 6.44. The molecule has 1 aromatic carbocycles. The summed E-state index contributed by atoms with van der Waals surface area (Å²) in [6.07, 6.45) is 3.97. The van der Waals surface area contributed by atoms with Crippen molar-refractivity contribution in [2.45, 2.75) is 63.7 Å². The Morgan fingerprint density at radius 1 is 1.11 bits per heavy atom. The topological polar surface area (TPSA) is 191 Å². The Bertz CT molecular complexity index is 1090. The number of carboxylic acids is 1. The van der Waals surface area contributed by atoms with Crippen molar-refractivity contribution in [3.05, 3.63) is 48.0 Å². The molecular weight excluding hydrogens is 480 g/mol. The van der Waals surface area contributed by atoms with Crippen LogP contribution in [0.4, 0.5) is 0 Å². The normalized spacial score (nSPS) is 17.7. The van der Waals surface area contributed by atoms with Gasteiger partial charge in [0.1, 0.15) is 23.9 Å². The highest BCUT2D eigenvalue weighted by Gasteiger charge is 2.38. The van der Waals surface area contributed by atoms with E-state index in [9.17, 15) is 29.4 Å². The van der Waals surface area contributed by atoms with Crippen LogP contribution in [0.1, 0.15) is 37.9 Å². The lowest BCUT2D eigenvalue weighted by Crippen LogP contribution is -2.58. The van der Waals surface area contributed by atoms with Crippen LogP contribution >= 0.6 is 0 Å². The first-order chi connectivity index (χ1) is 17.6. The molecule has 12 heteroatoms. The van der Waals surface area contributed by atoms with Gasteiger partial charge in [0.2, 0.25) is 17.7 Å². The van der Waals surface area contributed by atoms with Crippen molar-refractivity contribution in [2.75, 3.05) is 6.54 Å². The van der Waals surface area contributed by atoms with E-state index in [-0.39, 0.29) is 31.1 Å². The van der Waals surface area contributed by atoms with Crippen LogP contribution in [0.15, 0.2) is 36.8 Å². The summed E-state index contributed by atoms with van der Waals surface area (Å²) < 4.78 is 0. The van der Waals surface area contributed by atoms with Gasteiger partial charge in [-0.2, -0.15) is 0 Å². The second-order valence-corrected chi connectivity index (χ2v) is 9.57. The van der Waals surface area contributed by atoms with Gasteiger partial charge in [-0.3, -0.25) is 14.4 Å². The predicted octanol–water partition coefficient (Wildman–Crippen LogP) is -0.0710. The fourth-order valence-electron chi connectivity index (χ4n) is 4.22. The van der Waals surface area contributed by atoms with E-state index in [0.717, 1.165) is 0 Å². The second-order valence-electron chi connectivity index (χ2n) is 9.57. The minimum Gasteiger partial charge on any atom is -0.508 e. The summed E-state index contributed by atoms with van der Waals surface area (Å²) in [6.45, 7) is 3.83. The van der Waals surface area contributed by atoms with E-state index in [1.54, 1.807) is 26.0 Å². The van der Waals surface area contributed by atoms with Gasteiger partial charge in [0.05, 0.1) is 12.4 Å². The number of hydrogen-bond acceptors (Lipinski definition) is 7. The molecule has 0 aliphatic carbocycles. The van der Waals surface area contributed by atoms with E-state index < -0.39 is 47.9 Å². The van der Waals surface area contributed by atoms with Crippen LogP contribution in [-0.4, -0.2) is 79.5 Å². The first-order valence-corrected chi connectivity index (χ1v) is 12.2. The molecule has 1 aliphatic heterocycles. The van der Waals surface area contributed by atoms with E-state index in [1.165, 1.54) is 29.6 Å². The van der Waals surface area contributed by atoms with Crippen molar-refractivity contribution < 1.29 is 29.4 Å². The van der Waals surface area contributed by atoms with Crippen LogP contribution in [0.2, 0.25) is 0 Å². The van der Waals surface area contributed by atoms with E-state index >= 15 is 0 Å². The molecule has 7 N–H and O–H groups in total. The molecular formula is C25H34N6O6. The number of aromatic nitrogens is 2. The number of carbonyl (C=O) groups is 4. The maximum Gasteiger partial charge on any atom is 0.326 e. The summed E-state index contributed by atoms with van der Waals surface area (Å²) in [5.74, 6) is -2.89. The van der Waals surface area contributed by atoms with Gasteiger partial charge >= 0.3 is 5.97 Å². The lowest BCUT2D eigenvalue weighted by atomic mass is 10.0. The number of nitrogens with one attached hydrogen (secondary N) is 3. The van der Waals surface area contributed by atoms with E-state index in [1.807, 2.05) is 0 Å². The minimum atomic E-state index is -1.10. The molecule has 1 aromatic heterocycles. The standard InChI is InChI=1S/C25H34N6O6/c1-14(2)21(26)23(34)29-18(11-16-12-27-13-28-16)22(33)30-19(10-15-5-7-17(32)8-6-15)24(35)31-9-3-4-20(31)25(36)37/h5-8,12-14,18-21,32H,3-4,9-11,26H2,1-2H3,(H,27,28)(H,29,34)(H,30,33)(H,36,37). The first kappa shape index (κ1) is 27.7. The molecule has 4 atom stereocenters. The van der Waals surface area contributed by atoms with Crippen LogP contribution in [0, 0.1) is 5.92 Å². The van der Waals surface area contributed by atoms with Crippen molar-refractivity contribution in [1.29, 1.82) is 0 Å². The van der Waals surface area contributed by atoms with Gasteiger partial charge in [-0.25, -0.2) is 9.78 Å². The minimum absolute atomic E-state index is 0.0463. The SMILES string of the molecule is CC(C)C(N)C(=O)NC(Cc1cnc[nH]1)C(=O)NC(Cc1ccc(O)cc1)C(=O)N1CCCC1C(=O)O. The quantitative estimate of drug-likeness (QED) is 0.240. The Labute approximate surface area is 214 Å². The number of carboxylic acid groups (broad SMARTS) is 1. The molecule has 12 nitrogen and oxygen atoms in total. The largest absolute Gasteiger partial charge is 0.508 e. The molecule has 1 aliphatic rings. The van der Waals surface area contributed by atoms with Gasteiger partial charge in [-0.05, 0) is 36.5 Å². The van der Waals surface area contributed by atoms with Gasteiger partial charge in [-0.1, -0.05) is 26.0 Å². The molecule has 1 saturated heterocycles. The number of amides is 3. The number of nitrogens with zero attached hydrogens (tertiary/aromatic N) is 2. The van der Waals surface area contributed by atoms with Crippen molar-refractivity contribution >= 4 is 23.7 Å². The maximum atomic E-state index is 13.5. The molecule has 4 unspecified atom stereocenters. The highest BCUT2D eigenvalue weighted by Crippen LogP contribution is 2.20. The summed E-state index contributed by atoms with van der Waals surface area (Å²) in [6, 6.07) is 2.17. The highest BCUT2D eigenvalue weighted by atomic mass is 16.4. The van der Waals surface area contributed by atoms with E-state index in [2.05, 4.69) is 20.6 Å². The summed E-state index contributed by atoms with van der Waals surface area (Å²) in [5, 5.41) is 24.6. The zero-order chi connectivity index (χ0) is 27.1. The number of H-pyrrole nitrogens is 1. The van der Waals surface area contributed by atoms with Crippen LogP contribution < -0.4 is 16.4 Å². The van der Waals surface area contributed by atoms with Crippen molar-refractivity contribution in [3.8, 4) is 5.75 Å². The Morgan fingerprint density at radius 3 is 2.38 bits per heavy atom. The average Bonchev–Trinajstić information content (AvgIpc) is 3.55. The number of rotatable bonds is 11. The Balaban J connectivity index is 1.85. The Hall–Kier alpha value is -3.93. The lowest BCUT2D eigenvalue weighted by molar-refractivity contribution is -0.149. The maximum absolute atomic E-state index is 13.5. The zero-order valence-electron chi connectivity index (χ0n) is 20.9. The molecule has 37 heavy (non-hydrogen) atoms.